The minimum absolute atomic E-state index is 0.0124. The zero-order valence-corrected chi connectivity index (χ0v) is 20.3. The molecule has 1 saturated heterocycles. The highest BCUT2D eigenvalue weighted by molar-refractivity contribution is 7.98. The Morgan fingerprint density at radius 1 is 1.03 bits per heavy atom. The van der Waals surface area contributed by atoms with Crippen molar-refractivity contribution in [2.45, 2.75) is 11.8 Å². The number of hydrogen-bond donors (Lipinski definition) is 1. The van der Waals surface area contributed by atoms with Gasteiger partial charge in [0.15, 0.2) is 0 Å². The van der Waals surface area contributed by atoms with Crippen LogP contribution in [0.4, 0.5) is 5.69 Å². The Bertz CT molecular complexity index is 1300. The number of piperazine rings is 1. The van der Waals surface area contributed by atoms with Crippen LogP contribution < -0.4 is 5.32 Å². The molecule has 176 valence electrons. The van der Waals surface area contributed by atoms with Crippen LogP contribution in [0, 0.1) is 0 Å². The first-order chi connectivity index (χ1) is 16.3. The molecule has 1 aliphatic heterocycles. The first kappa shape index (κ1) is 23.9. The summed E-state index contributed by atoms with van der Waals surface area (Å²) in [5, 5.41) is 3.41. The van der Waals surface area contributed by atoms with E-state index in [-0.39, 0.29) is 11.8 Å². The fraction of sp³-hybridized carbons (Fsp3) is 0.200. The van der Waals surface area contributed by atoms with E-state index >= 15 is 0 Å². The van der Waals surface area contributed by atoms with E-state index in [1.54, 1.807) is 57.9 Å². The van der Waals surface area contributed by atoms with Gasteiger partial charge < -0.3 is 10.2 Å². The molecule has 2 aromatic carbocycles. The van der Waals surface area contributed by atoms with Crippen molar-refractivity contribution in [3.8, 4) is 11.3 Å². The number of carbonyl (C=O) groups excluding carboxylic acids is 2. The third kappa shape index (κ3) is 5.14. The lowest BCUT2D eigenvalue weighted by molar-refractivity contribution is -0.129. The predicted molar refractivity (Wildman–Crippen MR) is 136 cm³/mol. The maximum absolute atomic E-state index is 13.4. The summed E-state index contributed by atoms with van der Waals surface area (Å²) in [4.78, 5) is 30.9. The van der Waals surface area contributed by atoms with E-state index in [2.05, 4.69) is 16.2 Å². The highest BCUT2D eigenvalue weighted by Crippen LogP contribution is 2.29. The van der Waals surface area contributed by atoms with E-state index < -0.39 is 9.71 Å². The molecule has 7 nitrogen and oxygen atoms in total. The molecule has 1 N–H and O–H groups in total. The van der Waals surface area contributed by atoms with Crippen molar-refractivity contribution in [2.24, 2.45) is 0 Å². The van der Waals surface area contributed by atoms with E-state index in [9.17, 15) is 13.8 Å². The molecule has 0 radical (unpaired) electrons. The molecule has 2 heterocycles. The van der Waals surface area contributed by atoms with Gasteiger partial charge in [-0.2, -0.15) is 0 Å². The van der Waals surface area contributed by atoms with Crippen LogP contribution in [0.2, 0.25) is 5.02 Å². The topological polar surface area (TPSA) is 82.6 Å². The number of pyridine rings is 1. The number of carbonyl (C=O) groups is 2. The molecular weight excluding hydrogens is 472 g/mol. The first-order valence-corrected chi connectivity index (χ1v) is 12.8. The number of amides is 2. The van der Waals surface area contributed by atoms with Crippen LogP contribution in [0.5, 0.6) is 0 Å². The van der Waals surface area contributed by atoms with Gasteiger partial charge in [0, 0.05) is 61.0 Å². The molecule has 34 heavy (non-hydrogen) atoms. The summed E-state index contributed by atoms with van der Waals surface area (Å²) in [5.41, 5.74) is 2.44. The quantitative estimate of drug-likeness (QED) is 0.544. The highest BCUT2D eigenvalue weighted by atomic mass is 35.5. The van der Waals surface area contributed by atoms with Crippen molar-refractivity contribution in [2.75, 3.05) is 31.5 Å². The molecule has 1 atom stereocenters. The molecule has 0 aliphatic carbocycles. The van der Waals surface area contributed by atoms with Gasteiger partial charge in [0.05, 0.1) is 20.4 Å². The third-order valence-corrected chi connectivity index (χ3v) is 8.29. The standard InChI is InChI=1S/C25H25ClN4O3S/c1-18(31)29-13-15-30(16-14-29)34(2,33)21-9-6-19(7-10-21)25(32)28-20-8-11-23(26)22(17-20)24-5-3-4-12-27-24/h3-12,17H,2,13-16H2,1H3,(H,28,32). The second-order valence-electron chi connectivity index (χ2n) is 7.96. The number of anilines is 1. The molecule has 0 saturated carbocycles. The zero-order chi connectivity index (χ0) is 24.3. The minimum atomic E-state index is -2.71. The van der Waals surface area contributed by atoms with Crippen LogP contribution in [0.15, 0.2) is 71.8 Å². The average Bonchev–Trinajstić information content (AvgIpc) is 2.86. The smallest absolute Gasteiger partial charge is 0.255 e. The molecule has 0 spiro atoms. The van der Waals surface area contributed by atoms with Crippen molar-refractivity contribution in [3.05, 3.63) is 77.4 Å². The molecule has 0 bridgehead atoms. The van der Waals surface area contributed by atoms with Gasteiger partial charge in [-0.25, -0.2) is 8.51 Å². The molecule has 1 unspecified atom stereocenters. The van der Waals surface area contributed by atoms with Crippen LogP contribution in [0.3, 0.4) is 0 Å². The lowest BCUT2D eigenvalue weighted by atomic mass is 10.1. The van der Waals surface area contributed by atoms with Gasteiger partial charge >= 0.3 is 0 Å². The summed E-state index contributed by atoms with van der Waals surface area (Å²) in [6.07, 6.45) is 1.68. The third-order valence-electron chi connectivity index (χ3n) is 5.75. The molecule has 2 amide bonds. The van der Waals surface area contributed by atoms with Crippen LogP contribution in [-0.2, 0) is 14.5 Å². The summed E-state index contributed by atoms with van der Waals surface area (Å²) in [7, 11) is -2.71. The Labute approximate surface area is 204 Å². The Morgan fingerprint density at radius 3 is 2.35 bits per heavy atom. The second-order valence-corrected chi connectivity index (χ2v) is 10.6. The second kappa shape index (κ2) is 9.97. The highest BCUT2D eigenvalue weighted by Gasteiger charge is 2.25. The van der Waals surface area contributed by atoms with E-state index in [4.69, 9.17) is 11.6 Å². The fourth-order valence-electron chi connectivity index (χ4n) is 3.79. The fourth-order valence-corrected chi connectivity index (χ4v) is 5.62. The largest absolute Gasteiger partial charge is 0.340 e. The van der Waals surface area contributed by atoms with Gasteiger partial charge in [0.25, 0.3) is 5.91 Å². The summed E-state index contributed by atoms with van der Waals surface area (Å²) in [6.45, 7) is 3.54. The molecule has 1 fully saturated rings. The van der Waals surface area contributed by atoms with Gasteiger partial charge in [0.1, 0.15) is 0 Å². The Morgan fingerprint density at radius 2 is 1.74 bits per heavy atom. The summed E-state index contributed by atoms with van der Waals surface area (Å²) in [5.74, 6) is 3.67. The van der Waals surface area contributed by atoms with E-state index in [1.807, 2.05) is 18.2 Å². The Hall–Kier alpha value is -3.20. The number of hydrogen-bond acceptors (Lipinski definition) is 4. The SMILES string of the molecule is C=S(=O)(c1ccc(C(=O)Nc2ccc(Cl)c(-c3ccccn3)c2)cc1)N1CCN(C(C)=O)CC1. The van der Waals surface area contributed by atoms with Crippen molar-refractivity contribution in [1.82, 2.24) is 14.2 Å². The number of benzene rings is 2. The predicted octanol–water partition coefficient (Wildman–Crippen LogP) is 3.81. The van der Waals surface area contributed by atoms with Crippen LogP contribution in [0.1, 0.15) is 17.3 Å². The molecule has 1 aliphatic rings. The van der Waals surface area contributed by atoms with Crippen molar-refractivity contribution in [3.63, 3.8) is 0 Å². The Kier molecular flexibility index (Phi) is 7.02. The van der Waals surface area contributed by atoms with Crippen LogP contribution in [-0.4, -0.2) is 62.3 Å². The molecular formula is C25H25ClN4O3S. The Balaban J connectivity index is 1.46. The summed E-state index contributed by atoms with van der Waals surface area (Å²) >= 11 is 6.32. The van der Waals surface area contributed by atoms with E-state index in [0.29, 0.717) is 53.0 Å². The number of aromatic nitrogens is 1. The number of nitrogens with zero attached hydrogens (tertiary/aromatic N) is 3. The molecule has 9 heteroatoms. The maximum atomic E-state index is 13.4. The number of nitrogens with one attached hydrogen (secondary N) is 1. The summed E-state index contributed by atoms with van der Waals surface area (Å²) < 4.78 is 15.2. The normalized spacial score (nSPS) is 16.0. The van der Waals surface area contributed by atoms with Gasteiger partial charge in [-0.3, -0.25) is 14.6 Å². The minimum Gasteiger partial charge on any atom is -0.340 e. The lowest BCUT2D eigenvalue weighted by Gasteiger charge is -2.35. The van der Waals surface area contributed by atoms with Gasteiger partial charge in [-0.15, -0.1) is 0 Å². The van der Waals surface area contributed by atoms with E-state index in [1.165, 1.54) is 6.92 Å². The van der Waals surface area contributed by atoms with Gasteiger partial charge in [-0.05, 0) is 60.5 Å². The molecule has 1 aromatic heterocycles. The van der Waals surface area contributed by atoms with Crippen molar-refractivity contribution < 1.29 is 13.8 Å². The van der Waals surface area contributed by atoms with Gasteiger partial charge in [0.2, 0.25) is 5.91 Å². The summed E-state index contributed by atoms with van der Waals surface area (Å²) in [6, 6.07) is 17.4. The van der Waals surface area contributed by atoms with Crippen LogP contribution in [0.25, 0.3) is 11.3 Å². The monoisotopic (exact) mass is 496 g/mol. The lowest BCUT2D eigenvalue weighted by Crippen LogP contribution is -2.49. The average molecular weight is 497 g/mol. The number of halogens is 1. The van der Waals surface area contributed by atoms with Crippen LogP contribution >= 0.6 is 11.6 Å². The van der Waals surface area contributed by atoms with Crippen molar-refractivity contribution >= 4 is 44.7 Å². The van der Waals surface area contributed by atoms with Crippen molar-refractivity contribution in [1.29, 1.82) is 0 Å². The number of rotatable bonds is 5. The van der Waals surface area contributed by atoms with E-state index in [0.717, 1.165) is 5.56 Å². The molecule has 4 rings (SSSR count). The molecule has 3 aromatic rings. The van der Waals surface area contributed by atoms with Gasteiger partial charge in [-0.1, -0.05) is 17.7 Å². The first-order valence-electron chi connectivity index (χ1n) is 10.8. The maximum Gasteiger partial charge on any atom is 0.255 e. The zero-order valence-electron chi connectivity index (χ0n) is 18.7.